The Hall–Kier alpha value is -3.43. The summed E-state index contributed by atoms with van der Waals surface area (Å²) in [5, 5.41) is 3.14. The minimum Gasteiger partial charge on any atom is -0.354 e. The van der Waals surface area contributed by atoms with Crippen LogP contribution < -0.4 is 9.62 Å². The van der Waals surface area contributed by atoms with Gasteiger partial charge in [-0.15, -0.1) is 0 Å². The maximum absolute atomic E-state index is 14.6. The van der Waals surface area contributed by atoms with Crippen molar-refractivity contribution < 1.29 is 22.4 Å². The van der Waals surface area contributed by atoms with Crippen LogP contribution in [0.5, 0.6) is 0 Å². The first-order chi connectivity index (χ1) is 18.9. The Labute approximate surface area is 241 Å². The molecule has 3 aromatic rings. The van der Waals surface area contributed by atoms with Crippen LogP contribution in [0.15, 0.2) is 71.6 Å². The van der Waals surface area contributed by atoms with Crippen molar-refractivity contribution >= 4 is 39.1 Å². The molecule has 0 fully saturated rings. The van der Waals surface area contributed by atoms with Crippen molar-refractivity contribution in [2.75, 3.05) is 17.4 Å². The standard InChI is InChI=1S/C30H35ClFN3O4S/c1-5-6-17-33-30(37)23(4)34(19-24-9-7-8-10-28(24)32)29(36)20-35(25-14-13-22(3)27(31)18-25)40(38,39)26-15-11-21(2)12-16-26/h7-16,18,23H,5-6,17,19-20H2,1-4H3,(H,33,37)/t23-/m0/s1. The highest BCUT2D eigenvalue weighted by Gasteiger charge is 2.33. The smallest absolute Gasteiger partial charge is 0.264 e. The Kier molecular flexibility index (Phi) is 10.7. The van der Waals surface area contributed by atoms with E-state index in [9.17, 15) is 22.4 Å². The van der Waals surface area contributed by atoms with Gasteiger partial charge < -0.3 is 10.2 Å². The van der Waals surface area contributed by atoms with Gasteiger partial charge in [-0.05, 0) is 63.1 Å². The number of carbonyl (C=O) groups excluding carboxylic acids is 2. The van der Waals surface area contributed by atoms with Gasteiger partial charge >= 0.3 is 0 Å². The monoisotopic (exact) mass is 587 g/mol. The molecule has 3 aromatic carbocycles. The molecule has 214 valence electrons. The zero-order valence-corrected chi connectivity index (χ0v) is 24.7. The van der Waals surface area contributed by atoms with Gasteiger partial charge in [0, 0.05) is 23.7 Å². The third kappa shape index (κ3) is 7.61. The molecule has 0 aliphatic carbocycles. The van der Waals surface area contributed by atoms with Crippen LogP contribution in [-0.2, 0) is 26.2 Å². The lowest BCUT2D eigenvalue weighted by Gasteiger charge is -2.32. The predicted octanol–water partition coefficient (Wildman–Crippen LogP) is 5.62. The second kappa shape index (κ2) is 13.8. The molecule has 40 heavy (non-hydrogen) atoms. The van der Waals surface area contributed by atoms with Crippen LogP contribution >= 0.6 is 11.6 Å². The number of rotatable bonds is 12. The number of nitrogens with one attached hydrogen (secondary N) is 1. The summed E-state index contributed by atoms with van der Waals surface area (Å²) in [6, 6.07) is 16.0. The first kappa shape index (κ1) is 31.1. The van der Waals surface area contributed by atoms with Crippen LogP contribution in [-0.4, -0.2) is 44.3 Å². The molecular formula is C30H35ClFN3O4S. The van der Waals surface area contributed by atoms with E-state index in [0.29, 0.717) is 11.6 Å². The molecule has 7 nitrogen and oxygen atoms in total. The van der Waals surface area contributed by atoms with Crippen molar-refractivity contribution in [3.05, 3.63) is 94.3 Å². The number of hydrogen-bond donors (Lipinski definition) is 1. The average molecular weight is 588 g/mol. The highest BCUT2D eigenvalue weighted by molar-refractivity contribution is 7.92. The van der Waals surface area contributed by atoms with Gasteiger partial charge in [0.15, 0.2) is 0 Å². The predicted molar refractivity (Wildman–Crippen MR) is 156 cm³/mol. The molecular weight excluding hydrogens is 553 g/mol. The van der Waals surface area contributed by atoms with E-state index in [1.165, 1.54) is 41.3 Å². The summed E-state index contributed by atoms with van der Waals surface area (Å²) in [5.74, 6) is -1.62. The number of aryl methyl sites for hydroxylation is 2. The van der Waals surface area contributed by atoms with Crippen LogP contribution in [0.25, 0.3) is 0 Å². The number of carbonyl (C=O) groups is 2. The number of benzene rings is 3. The molecule has 0 aliphatic heterocycles. The van der Waals surface area contributed by atoms with Crippen LogP contribution in [0.3, 0.4) is 0 Å². The fraction of sp³-hybridized carbons (Fsp3) is 0.333. The lowest BCUT2D eigenvalue weighted by molar-refractivity contribution is -0.139. The van der Waals surface area contributed by atoms with E-state index >= 15 is 0 Å². The number of sulfonamides is 1. The number of hydrogen-bond acceptors (Lipinski definition) is 4. The number of amides is 2. The van der Waals surface area contributed by atoms with Gasteiger partial charge in [0.25, 0.3) is 10.0 Å². The van der Waals surface area contributed by atoms with E-state index < -0.39 is 40.2 Å². The van der Waals surface area contributed by atoms with E-state index in [1.807, 2.05) is 13.8 Å². The zero-order valence-electron chi connectivity index (χ0n) is 23.2. The first-order valence-corrected chi connectivity index (χ1v) is 14.9. The number of anilines is 1. The lowest BCUT2D eigenvalue weighted by atomic mass is 10.1. The number of unbranched alkanes of at least 4 members (excludes halogenated alkanes) is 1. The molecule has 1 N–H and O–H groups in total. The molecule has 0 spiro atoms. The fourth-order valence-electron chi connectivity index (χ4n) is 4.03. The van der Waals surface area contributed by atoms with Gasteiger partial charge in [-0.1, -0.05) is 66.9 Å². The Bertz CT molecular complexity index is 1450. The van der Waals surface area contributed by atoms with E-state index in [0.717, 1.165) is 28.3 Å². The quantitative estimate of drug-likeness (QED) is 0.279. The summed E-state index contributed by atoms with van der Waals surface area (Å²) in [6.07, 6.45) is 1.63. The Morgan fingerprint density at radius 2 is 1.70 bits per heavy atom. The van der Waals surface area contributed by atoms with E-state index in [2.05, 4.69) is 5.32 Å². The van der Waals surface area contributed by atoms with Crippen molar-refractivity contribution in [1.82, 2.24) is 10.2 Å². The number of halogens is 2. The van der Waals surface area contributed by atoms with E-state index in [4.69, 9.17) is 11.6 Å². The van der Waals surface area contributed by atoms with Crippen molar-refractivity contribution in [3.8, 4) is 0 Å². The fourth-order valence-corrected chi connectivity index (χ4v) is 5.61. The summed E-state index contributed by atoms with van der Waals surface area (Å²) >= 11 is 6.34. The average Bonchev–Trinajstić information content (AvgIpc) is 2.92. The Balaban J connectivity index is 2.03. The third-order valence-corrected chi connectivity index (χ3v) is 8.82. The van der Waals surface area contributed by atoms with E-state index in [1.54, 1.807) is 44.2 Å². The normalized spacial score (nSPS) is 12.1. The molecule has 0 radical (unpaired) electrons. The second-order valence-electron chi connectivity index (χ2n) is 9.69. The second-order valence-corrected chi connectivity index (χ2v) is 12.0. The first-order valence-electron chi connectivity index (χ1n) is 13.1. The van der Waals surface area contributed by atoms with Gasteiger partial charge in [0.05, 0.1) is 10.6 Å². The van der Waals surface area contributed by atoms with Crippen molar-refractivity contribution in [1.29, 1.82) is 0 Å². The highest BCUT2D eigenvalue weighted by Crippen LogP contribution is 2.29. The highest BCUT2D eigenvalue weighted by atomic mass is 35.5. The largest absolute Gasteiger partial charge is 0.354 e. The summed E-state index contributed by atoms with van der Waals surface area (Å²) in [4.78, 5) is 28.1. The summed E-state index contributed by atoms with van der Waals surface area (Å²) < 4.78 is 43.3. The molecule has 0 heterocycles. The van der Waals surface area contributed by atoms with Gasteiger partial charge in [0.2, 0.25) is 11.8 Å². The van der Waals surface area contributed by atoms with Crippen molar-refractivity contribution in [2.45, 2.75) is 58.0 Å². The molecule has 2 amide bonds. The molecule has 1 atom stereocenters. The maximum Gasteiger partial charge on any atom is 0.264 e. The summed E-state index contributed by atoms with van der Waals surface area (Å²) in [6.45, 7) is 6.73. The topological polar surface area (TPSA) is 86.8 Å². The van der Waals surface area contributed by atoms with Crippen LogP contribution in [0.1, 0.15) is 43.4 Å². The number of nitrogens with zero attached hydrogens (tertiary/aromatic N) is 2. The molecule has 10 heteroatoms. The molecule has 0 saturated heterocycles. The molecule has 0 aromatic heterocycles. The van der Waals surface area contributed by atoms with Crippen molar-refractivity contribution in [3.63, 3.8) is 0 Å². The third-order valence-electron chi connectivity index (χ3n) is 6.63. The van der Waals surface area contributed by atoms with E-state index in [-0.39, 0.29) is 22.7 Å². The van der Waals surface area contributed by atoms with Gasteiger partial charge in [-0.25, -0.2) is 12.8 Å². The molecule has 0 aliphatic rings. The SMILES string of the molecule is CCCCNC(=O)[C@H](C)N(Cc1ccccc1F)C(=O)CN(c1ccc(C)c(Cl)c1)S(=O)(=O)c1ccc(C)cc1. The van der Waals surface area contributed by atoms with Crippen LogP contribution in [0, 0.1) is 19.7 Å². The molecule has 3 rings (SSSR count). The summed E-state index contributed by atoms with van der Waals surface area (Å²) in [5.41, 5.74) is 2.01. The van der Waals surface area contributed by atoms with Crippen LogP contribution in [0.2, 0.25) is 5.02 Å². The van der Waals surface area contributed by atoms with Crippen LogP contribution in [0.4, 0.5) is 10.1 Å². The zero-order chi connectivity index (χ0) is 29.4. The maximum atomic E-state index is 14.6. The van der Waals surface area contributed by atoms with Gasteiger partial charge in [-0.2, -0.15) is 0 Å². The van der Waals surface area contributed by atoms with Crippen molar-refractivity contribution in [2.24, 2.45) is 0 Å². The summed E-state index contributed by atoms with van der Waals surface area (Å²) in [7, 11) is -4.22. The minimum absolute atomic E-state index is 0.00592. The van der Waals surface area contributed by atoms with Gasteiger partial charge in [-0.3, -0.25) is 13.9 Å². The minimum atomic E-state index is -4.22. The molecule has 0 saturated carbocycles. The molecule has 0 unspecified atom stereocenters. The van der Waals surface area contributed by atoms with Gasteiger partial charge in [0.1, 0.15) is 18.4 Å². The Morgan fingerprint density at radius 3 is 2.33 bits per heavy atom. The molecule has 0 bridgehead atoms. The Morgan fingerprint density at radius 1 is 1.02 bits per heavy atom. The lowest BCUT2D eigenvalue weighted by Crippen LogP contribution is -2.51.